The molecule has 0 amide bonds. The van der Waals surface area contributed by atoms with E-state index in [9.17, 15) is 4.57 Å². The highest BCUT2D eigenvalue weighted by molar-refractivity contribution is 7.24. The van der Waals surface area contributed by atoms with Crippen LogP contribution in [-0.2, 0) is 4.57 Å². The summed E-state index contributed by atoms with van der Waals surface area (Å²) >= 11 is 15.5. The van der Waals surface area contributed by atoms with E-state index in [1.807, 2.05) is 0 Å². The predicted octanol–water partition coefficient (Wildman–Crippen LogP) is 2.65. The van der Waals surface area contributed by atoms with E-state index in [1.165, 1.54) is 0 Å². The summed E-state index contributed by atoms with van der Waals surface area (Å²) in [5, 5.41) is 0. The maximum absolute atomic E-state index is 9.66. The minimum atomic E-state index is -1.36. The first-order valence-electron chi connectivity index (χ1n) is 1.42. The van der Waals surface area contributed by atoms with Crippen molar-refractivity contribution in [2.24, 2.45) is 0 Å². The van der Waals surface area contributed by atoms with Crippen LogP contribution in [0.3, 0.4) is 0 Å². The van der Waals surface area contributed by atoms with Crippen molar-refractivity contribution in [3.8, 4) is 0 Å². The van der Waals surface area contributed by atoms with Crippen LogP contribution in [0.5, 0.6) is 0 Å². The molecule has 0 saturated carbocycles. The number of halogens is 3. The molecular weight excluding hydrogens is 177 g/mol. The predicted molar refractivity (Wildman–Crippen MR) is 32.8 cm³/mol. The Kier molecular flexibility index (Phi) is 3.52. The van der Waals surface area contributed by atoms with E-state index >= 15 is 0 Å². The van der Waals surface area contributed by atoms with Crippen LogP contribution >= 0.6 is 43.3 Å². The highest BCUT2D eigenvalue weighted by atomic mass is 35.6. The summed E-state index contributed by atoms with van der Waals surface area (Å²) in [4.78, 5) is 0. The first kappa shape index (κ1) is 7.97. The van der Waals surface area contributed by atoms with Crippen molar-refractivity contribution in [2.45, 2.75) is 3.79 Å². The van der Waals surface area contributed by atoms with Gasteiger partial charge in [-0.1, -0.05) is 34.8 Å². The van der Waals surface area contributed by atoms with Gasteiger partial charge in [0.05, 0.1) is 6.16 Å². The molecule has 0 radical (unpaired) electrons. The Labute approximate surface area is 58.1 Å². The second-order valence-corrected chi connectivity index (χ2v) is 3.99. The van der Waals surface area contributed by atoms with Crippen molar-refractivity contribution in [3.63, 3.8) is 0 Å². The second kappa shape index (κ2) is 3.09. The molecule has 0 fully saturated rings. The van der Waals surface area contributed by atoms with Crippen molar-refractivity contribution >= 4 is 43.3 Å². The monoisotopic (exact) mass is 178 g/mol. The quantitative estimate of drug-likeness (QED) is 0.447. The molecule has 0 heterocycles. The van der Waals surface area contributed by atoms with Gasteiger partial charge in [-0.2, -0.15) is 0 Å². The molecule has 0 unspecified atom stereocenters. The van der Waals surface area contributed by atoms with Gasteiger partial charge in [0.15, 0.2) is 8.46 Å². The van der Waals surface area contributed by atoms with E-state index in [0.29, 0.717) is 0 Å². The summed E-state index contributed by atoms with van der Waals surface area (Å²) in [6.07, 6.45) is 0.0532. The van der Waals surface area contributed by atoms with Crippen LogP contribution in [0.1, 0.15) is 0 Å². The van der Waals surface area contributed by atoms with Crippen molar-refractivity contribution in [3.05, 3.63) is 0 Å². The van der Waals surface area contributed by atoms with Crippen LogP contribution in [0.15, 0.2) is 0 Å². The normalized spacial score (nSPS) is 12.4. The van der Waals surface area contributed by atoms with Crippen LogP contribution < -0.4 is 0 Å². The summed E-state index contributed by atoms with van der Waals surface area (Å²) in [5.41, 5.74) is 0. The molecule has 0 bridgehead atoms. The molecule has 5 heteroatoms. The van der Waals surface area contributed by atoms with Gasteiger partial charge in [-0.05, 0) is 0 Å². The Balaban J connectivity index is 3.34. The van der Waals surface area contributed by atoms with Gasteiger partial charge in [0.25, 0.3) is 0 Å². The van der Waals surface area contributed by atoms with Crippen LogP contribution in [0.25, 0.3) is 0 Å². The van der Waals surface area contributed by atoms with E-state index < -0.39 is 3.79 Å². The maximum Gasteiger partial charge on any atom is 0.201 e. The zero-order valence-corrected chi connectivity index (χ0v) is 6.36. The third-order valence-corrected chi connectivity index (χ3v) is 1.81. The molecule has 0 aliphatic carbocycles. The fourth-order valence-corrected chi connectivity index (χ4v) is 0.659. The smallest absolute Gasteiger partial charge is 0.201 e. The number of alkyl halides is 3. The molecule has 0 aromatic heterocycles. The third-order valence-electron chi connectivity index (χ3n) is 0.244. The van der Waals surface area contributed by atoms with Gasteiger partial charge in [0.2, 0.25) is 3.79 Å². The fraction of sp³-hybridized carbons (Fsp3) is 1.00. The Hall–Kier alpha value is 0.970. The number of hydrogen-bond donors (Lipinski definition) is 0. The fourth-order valence-electron chi connectivity index (χ4n) is 0.0732. The van der Waals surface area contributed by atoms with E-state index in [2.05, 4.69) is 0 Å². The molecule has 0 aromatic rings. The molecule has 0 saturated heterocycles. The van der Waals surface area contributed by atoms with Crippen molar-refractivity contribution in [2.75, 3.05) is 6.16 Å². The lowest BCUT2D eigenvalue weighted by Crippen LogP contribution is -2.01. The molecule has 0 N–H and O–H groups in total. The van der Waals surface area contributed by atoms with Gasteiger partial charge in [0.1, 0.15) is 0 Å². The zero-order chi connectivity index (χ0) is 5.91. The summed E-state index contributed by atoms with van der Waals surface area (Å²) < 4.78 is 8.31. The van der Waals surface area contributed by atoms with Crippen molar-refractivity contribution < 1.29 is 4.57 Å². The van der Waals surface area contributed by atoms with E-state index in [-0.39, 0.29) is 14.6 Å². The van der Waals surface area contributed by atoms with Crippen LogP contribution in [0.4, 0.5) is 0 Å². The van der Waals surface area contributed by atoms with Gasteiger partial charge in [-0.25, -0.2) is 0 Å². The molecule has 0 spiro atoms. The van der Waals surface area contributed by atoms with Gasteiger partial charge in [-0.3, -0.25) is 4.57 Å². The molecule has 1 nitrogen and oxygen atoms in total. The molecule has 7 heavy (non-hydrogen) atoms. The molecule has 0 rings (SSSR count). The highest BCUT2D eigenvalue weighted by Gasteiger charge is 2.18. The Morgan fingerprint density at radius 1 is 1.43 bits per heavy atom. The lowest BCUT2D eigenvalue weighted by atomic mass is 10.9. The number of rotatable bonds is 1. The largest absolute Gasteiger partial charge is 0.275 e. The summed E-state index contributed by atoms with van der Waals surface area (Å²) in [7, 11) is -0.137. The Bertz CT molecular complexity index is 67.8. The lowest BCUT2D eigenvalue weighted by Gasteiger charge is -2.00. The van der Waals surface area contributed by atoms with Gasteiger partial charge in [0, 0.05) is 0 Å². The maximum atomic E-state index is 9.66. The summed E-state index contributed by atoms with van der Waals surface area (Å²) in [5.74, 6) is 0. The summed E-state index contributed by atoms with van der Waals surface area (Å²) in [6.45, 7) is 0. The first-order chi connectivity index (χ1) is 3.06. The van der Waals surface area contributed by atoms with Crippen LogP contribution in [-0.4, -0.2) is 9.95 Å². The zero-order valence-electron chi connectivity index (χ0n) is 3.20. The number of hydrogen-bond acceptors (Lipinski definition) is 1. The van der Waals surface area contributed by atoms with Crippen LogP contribution in [0, 0.1) is 0 Å². The molecule has 0 atom stereocenters. The van der Waals surface area contributed by atoms with Gasteiger partial charge in [-0.15, -0.1) is 0 Å². The molecular formula is C2H2Cl3OP. The average Bonchev–Trinajstić information content (AvgIpc) is 1.30. The van der Waals surface area contributed by atoms with Crippen molar-refractivity contribution in [1.82, 2.24) is 0 Å². The van der Waals surface area contributed by atoms with Gasteiger partial charge < -0.3 is 0 Å². The van der Waals surface area contributed by atoms with E-state index in [0.717, 1.165) is 0 Å². The van der Waals surface area contributed by atoms with E-state index in [4.69, 9.17) is 34.8 Å². The molecule has 0 aliphatic heterocycles. The minimum Gasteiger partial charge on any atom is -0.275 e. The third kappa shape index (κ3) is 6.97. The van der Waals surface area contributed by atoms with Gasteiger partial charge >= 0.3 is 0 Å². The SMILES string of the molecule is O=PCC(Cl)(Cl)Cl. The van der Waals surface area contributed by atoms with Crippen molar-refractivity contribution in [1.29, 1.82) is 0 Å². The van der Waals surface area contributed by atoms with E-state index in [1.54, 1.807) is 0 Å². The van der Waals surface area contributed by atoms with Crippen LogP contribution in [0.2, 0.25) is 0 Å². The Morgan fingerprint density at radius 3 is 1.86 bits per heavy atom. The standard InChI is InChI=1S/C2H2Cl3OP/c3-2(4,5)1-7-6/h1H2. The lowest BCUT2D eigenvalue weighted by molar-refractivity contribution is 0.598. The topological polar surface area (TPSA) is 17.1 Å². The Morgan fingerprint density at radius 2 is 1.86 bits per heavy atom. The molecule has 0 aliphatic rings. The highest BCUT2D eigenvalue weighted by Crippen LogP contribution is 2.28. The second-order valence-electron chi connectivity index (χ2n) is 0.902. The average molecular weight is 179 g/mol. The summed E-state index contributed by atoms with van der Waals surface area (Å²) in [6, 6.07) is 0. The minimum absolute atomic E-state index is 0.0532. The molecule has 0 aromatic carbocycles. The first-order valence-corrected chi connectivity index (χ1v) is 3.55. The molecule has 42 valence electrons.